The zero-order chi connectivity index (χ0) is 16.0. The van der Waals surface area contributed by atoms with Gasteiger partial charge in [-0.15, -0.1) is 0 Å². The van der Waals surface area contributed by atoms with Crippen LogP contribution < -0.4 is 19.5 Å². The van der Waals surface area contributed by atoms with Gasteiger partial charge in [-0.3, -0.25) is 4.79 Å². The quantitative estimate of drug-likeness (QED) is 0.774. The van der Waals surface area contributed by atoms with Crippen molar-refractivity contribution >= 4 is 11.9 Å². The van der Waals surface area contributed by atoms with Gasteiger partial charge in [-0.25, -0.2) is 4.79 Å². The van der Waals surface area contributed by atoms with E-state index < -0.39 is 17.9 Å². The molecule has 0 fully saturated rings. The smallest absolute Gasteiger partial charge is 0.326 e. The van der Waals surface area contributed by atoms with Crippen molar-refractivity contribution in [1.29, 1.82) is 0 Å². The van der Waals surface area contributed by atoms with E-state index in [2.05, 4.69) is 5.32 Å². The maximum absolute atomic E-state index is 11.2. The van der Waals surface area contributed by atoms with Crippen LogP contribution >= 0.6 is 0 Å². The van der Waals surface area contributed by atoms with E-state index in [0.29, 0.717) is 22.8 Å². The van der Waals surface area contributed by atoms with Gasteiger partial charge in [0.2, 0.25) is 11.7 Å². The average Bonchev–Trinajstić information content (AvgIpc) is 2.44. The van der Waals surface area contributed by atoms with Crippen molar-refractivity contribution in [2.45, 2.75) is 19.4 Å². The number of carbonyl (C=O) groups is 2. The predicted octanol–water partition coefficient (Wildman–Crippen LogP) is 0.844. The van der Waals surface area contributed by atoms with Crippen molar-refractivity contribution in [3.63, 3.8) is 0 Å². The van der Waals surface area contributed by atoms with Crippen molar-refractivity contribution in [3.05, 3.63) is 17.7 Å². The first-order valence-corrected chi connectivity index (χ1v) is 6.21. The van der Waals surface area contributed by atoms with Crippen molar-refractivity contribution in [2.24, 2.45) is 0 Å². The molecule has 1 rings (SSSR count). The van der Waals surface area contributed by atoms with Crippen LogP contribution in [0.2, 0.25) is 0 Å². The monoisotopic (exact) mass is 297 g/mol. The molecule has 0 aliphatic rings. The molecule has 0 aliphatic heterocycles. The molecule has 0 bridgehead atoms. The minimum Gasteiger partial charge on any atom is -0.493 e. The van der Waals surface area contributed by atoms with Crippen LogP contribution in [0.15, 0.2) is 12.1 Å². The summed E-state index contributed by atoms with van der Waals surface area (Å²) in [5.74, 6) is -0.235. The number of ether oxygens (including phenoxy) is 3. The molecule has 0 aliphatic carbocycles. The lowest BCUT2D eigenvalue weighted by molar-refractivity contribution is -0.141. The van der Waals surface area contributed by atoms with Crippen LogP contribution in [-0.4, -0.2) is 44.4 Å². The molecule has 7 nitrogen and oxygen atoms in total. The molecule has 1 amide bonds. The zero-order valence-corrected chi connectivity index (χ0v) is 12.4. The van der Waals surface area contributed by atoms with Gasteiger partial charge in [0, 0.05) is 13.3 Å². The number of amides is 1. The zero-order valence-electron chi connectivity index (χ0n) is 12.4. The molecule has 0 spiro atoms. The number of aliphatic carboxylic acids is 1. The minimum absolute atomic E-state index is 0.103. The first-order valence-electron chi connectivity index (χ1n) is 6.21. The molecule has 0 aromatic heterocycles. The van der Waals surface area contributed by atoms with Gasteiger partial charge in [-0.1, -0.05) is 0 Å². The Balaban J connectivity index is 3.12. The average molecular weight is 297 g/mol. The lowest BCUT2D eigenvalue weighted by atomic mass is 10.0. The fourth-order valence-corrected chi connectivity index (χ4v) is 1.93. The largest absolute Gasteiger partial charge is 0.493 e. The van der Waals surface area contributed by atoms with E-state index in [1.54, 1.807) is 12.1 Å². The lowest BCUT2D eigenvalue weighted by Crippen LogP contribution is -2.41. The second kappa shape index (κ2) is 7.37. The third-order valence-corrected chi connectivity index (χ3v) is 2.84. The number of hydrogen-bond acceptors (Lipinski definition) is 5. The fourth-order valence-electron chi connectivity index (χ4n) is 1.93. The van der Waals surface area contributed by atoms with Gasteiger partial charge in [0.25, 0.3) is 0 Å². The highest BCUT2D eigenvalue weighted by atomic mass is 16.5. The highest BCUT2D eigenvalue weighted by Gasteiger charge is 2.21. The Morgan fingerprint density at radius 2 is 1.67 bits per heavy atom. The summed E-state index contributed by atoms with van der Waals surface area (Å²) in [7, 11) is 4.44. The fraction of sp³-hybridized carbons (Fsp3) is 0.429. The van der Waals surface area contributed by atoms with Crippen LogP contribution in [0, 0.1) is 0 Å². The van der Waals surface area contributed by atoms with Crippen molar-refractivity contribution in [1.82, 2.24) is 5.32 Å². The molecule has 116 valence electrons. The summed E-state index contributed by atoms with van der Waals surface area (Å²) in [6.07, 6.45) is 0.103. The van der Waals surface area contributed by atoms with Gasteiger partial charge in [-0.05, 0) is 17.7 Å². The number of carboxylic acids is 1. The number of rotatable bonds is 7. The molecule has 1 aromatic rings. The summed E-state index contributed by atoms with van der Waals surface area (Å²) in [4.78, 5) is 22.2. The first kappa shape index (κ1) is 16.6. The van der Waals surface area contributed by atoms with Crippen LogP contribution in [-0.2, 0) is 16.0 Å². The van der Waals surface area contributed by atoms with E-state index in [1.165, 1.54) is 28.3 Å². The van der Waals surface area contributed by atoms with Crippen LogP contribution in [0.4, 0.5) is 0 Å². The summed E-state index contributed by atoms with van der Waals surface area (Å²) in [6.45, 7) is 1.27. The van der Waals surface area contributed by atoms with Crippen LogP contribution in [0.5, 0.6) is 17.2 Å². The molecule has 0 saturated heterocycles. The Morgan fingerprint density at radius 3 is 2.00 bits per heavy atom. The summed E-state index contributed by atoms with van der Waals surface area (Å²) in [5, 5.41) is 11.5. The normalized spacial score (nSPS) is 11.4. The summed E-state index contributed by atoms with van der Waals surface area (Å²) in [6, 6.07) is 2.28. The molecule has 7 heteroatoms. The summed E-state index contributed by atoms with van der Waals surface area (Å²) >= 11 is 0. The third kappa shape index (κ3) is 4.27. The second-order valence-electron chi connectivity index (χ2n) is 4.33. The van der Waals surface area contributed by atoms with Gasteiger partial charge >= 0.3 is 5.97 Å². The molecule has 0 heterocycles. The molecule has 2 N–H and O–H groups in total. The number of carbonyl (C=O) groups excluding carboxylic acids is 1. The van der Waals surface area contributed by atoms with Crippen LogP contribution in [0.3, 0.4) is 0 Å². The topological polar surface area (TPSA) is 94.1 Å². The van der Waals surface area contributed by atoms with Gasteiger partial charge in [-0.2, -0.15) is 0 Å². The van der Waals surface area contributed by atoms with Crippen molar-refractivity contribution in [3.8, 4) is 17.2 Å². The van der Waals surface area contributed by atoms with Gasteiger partial charge < -0.3 is 24.6 Å². The molecule has 1 aromatic carbocycles. The van der Waals surface area contributed by atoms with E-state index in [9.17, 15) is 9.59 Å². The van der Waals surface area contributed by atoms with E-state index in [4.69, 9.17) is 19.3 Å². The maximum atomic E-state index is 11.2. The summed E-state index contributed by atoms with van der Waals surface area (Å²) in [5.41, 5.74) is 0.644. The second-order valence-corrected chi connectivity index (χ2v) is 4.33. The van der Waals surface area contributed by atoms with E-state index in [1.807, 2.05) is 0 Å². The third-order valence-electron chi connectivity index (χ3n) is 2.84. The van der Waals surface area contributed by atoms with Gasteiger partial charge in [0.1, 0.15) is 6.04 Å². The number of methoxy groups -OCH3 is 3. The number of benzene rings is 1. The van der Waals surface area contributed by atoms with E-state index >= 15 is 0 Å². The van der Waals surface area contributed by atoms with Crippen LogP contribution in [0.25, 0.3) is 0 Å². The Labute approximate surface area is 122 Å². The van der Waals surface area contributed by atoms with E-state index in [-0.39, 0.29) is 6.42 Å². The number of carboxylic acid groups (broad SMARTS) is 1. The highest BCUT2D eigenvalue weighted by molar-refractivity contribution is 5.82. The Kier molecular flexibility index (Phi) is 5.83. The SMILES string of the molecule is COc1cc(CC(NC(C)=O)C(=O)O)cc(OC)c1OC. The molecule has 0 saturated carbocycles. The molecule has 0 radical (unpaired) electrons. The molecular formula is C14H19NO6. The van der Waals surface area contributed by atoms with Crippen molar-refractivity contribution in [2.75, 3.05) is 21.3 Å². The Bertz CT molecular complexity index is 503. The Hall–Kier alpha value is -2.44. The Morgan fingerprint density at radius 1 is 1.14 bits per heavy atom. The molecular weight excluding hydrogens is 278 g/mol. The molecule has 21 heavy (non-hydrogen) atoms. The molecule has 1 atom stereocenters. The number of hydrogen-bond donors (Lipinski definition) is 2. The van der Waals surface area contributed by atoms with Crippen molar-refractivity contribution < 1.29 is 28.9 Å². The minimum atomic E-state index is -1.11. The lowest BCUT2D eigenvalue weighted by Gasteiger charge is -2.17. The highest BCUT2D eigenvalue weighted by Crippen LogP contribution is 2.38. The standard InChI is InChI=1S/C14H19NO6/c1-8(16)15-10(14(17)18)5-9-6-11(19-2)13(21-4)12(7-9)20-3/h6-7,10H,5H2,1-4H3,(H,15,16)(H,17,18). The van der Waals surface area contributed by atoms with E-state index in [0.717, 1.165) is 0 Å². The summed E-state index contributed by atoms with van der Waals surface area (Å²) < 4.78 is 15.6. The predicted molar refractivity (Wildman–Crippen MR) is 75.0 cm³/mol. The molecule has 1 unspecified atom stereocenters. The van der Waals surface area contributed by atoms with Gasteiger partial charge in [0.05, 0.1) is 21.3 Å². The maximum Gasteiger partial charge on any atom is 0.326 e. The van der Waals surface area contributed by atoms with Crippen LogP contribution in [0.1, 0.15) is 12.5 Å². The van der Waals surface area contributed by atoms with Gasteiger partial charge in [0.15, 0.2) is 11.5 Å². The first-order chi connectivity index (χ1) is 9.92. The number of nitrogens with one attached hydrogen (secondary N) is 1.